The Bertz CT molecular complexity index is 1270. The molecule has 2 amide bonds. The number of nitrogens with two attached hydrogens (primary N) is 1. The fraction of sp³-hybridized carbons (Fsp3) is 0.333. The van der Waals surface area contributed by atoms with E-state index in [0.717, 1.165) is 18.2 Å². The average molecular weight is 497 g/mol. The number of aliphatic hydroxyl groups is 3. The van der Waals surface area contributed by atoms with E-state index < -0.39 is 48.9 Å². The molecule has 3 heterocycles. The molecule has 0 radical (unpaired) electrons. The monoisotopic (exact) mass is 497 g/mol. The molecule has 0 saturated carbocycles. The second-order valence-corrected chi connectivity index (χ2v) is 7.31. The predicted octanol–water partition coefficient (Wildman–Crippen LogP) is 0.859. The van der Waals surface area contributed by atoms with Gasteiger partial charge in [-0.2, -0.15) is 23.1 Å². The van der Waals surface area contributed by atoms with E-state index in [0.29, 0.717) is 0 Å². The quantitative estimate of drug-likeness (QED) is 0.218. The van der Waals surface area contributed by atoms with Crippen molar-refractivity contribution in [3.8, 4) is 0 Å². The molecule has 0 bridgehead atoms. The van der Waals surface area contributed by atoms with Gasteiger partial charge < -0.3 is 31.1 Å². The van der Waals surface area contributed by atoms with Crippen LogP contribution in [-0.2, 0) is 10.9 Å². The number of nitrogen functional groups attached to an aromatic ring is 1. The number of imidazole rings is 1. The first-order chi connectivity index (χ1) is 16.6. The molecule has 1 saturated heterocycles. The number of benzene rings is 1. The predicted molar refractivity (Wildman–Crippen MR) is 111 cm³/mol. The highest BCUT2D eigenvalue weighted by Gasteiger charge is 2.44. The minimum Gasteiger partial charge on any atom is -0.394 e. The highest BCUT2D eigenvalue weighted by molar-refractivity contribution is 5.89. The molecular formula is C18H18F3N9O5. The Balaban J connectivity index is 1.48. The van der Waals surface area contributed by atoms with Crippen LogP contribution >= 0.6 is 0 Å². The maximum atomic E-state index is 12.8. The van der Waals surface area contributed by atoms with E-state index in [4.69, 9.17) is 10.5 Å². The number of anilines is 2. The molecule has 17 heteroatoms. The van der Waals surface area contributed by atoms with Crippen molar-refractivity contribution in [3.05, 3.63) is 36.2 Å². The molecule has 35 heavy (non-hydrogen) atoms. The number of ether oxygens (including phenoxy) is 1. The number of amides is 2. The summed E-state index contributed by atoms with van der Waals surface area (Å²) in [4.78, 5) is 23.9. The molecule has 0 spiro atoms. The van der Waals surface area contributed by atoms with E-state index in [1.165, 1.54) is 17.0 Å². The molecule has 0 aliphatic carbocycles. The lowest BCUT2D eigenvalue weighted by Gasteiger charge is -2.16. The van der Waals surface area contributed by atoms with Gasteiger partial charge in [-0.3, -0.25) is 4.57 Å². The summed E-state index contributed by atoms with van der Waals surface area (Å²) in [5, 5.41) is 38.7. The van der Waals surface area contributed by atoms with Gasteiger partial charge in [0.05, 0.1) is 18.5 Å². The van der Waals surface area contributed by atoms with Gasteiger partial charge in [0.15, 0.2) is 17.7 Å². The van der Waals surface area contributed by atoms with Crippen LogP contribution in [0.4, 0.5) is 35.4 Å². The Kier molecular flexibility index (Phi) is 6.48. The lowest BCUT2D eigenvalue weighted by atomic mass is 10.1. The summed E-state index contributed by atoms with van der Waals surface area (Å²) < 4.78 is 45.1. The van der Waals surface area contributed by atoms with Gasteiger partial charge in [0, 0.05) is 5.69 Å². The number of nitrogens with zero attached hydrogens (tertiary/aromatic N) is 6. The molecule has 4 rings (SSSR count). The standard InChI is InChI=1S/C18H18F3N9O5/c19-18(20,21)7-2-1-3-8(4-7)24-17(34)28-29-27-16-25-13(22)10-14(26-16)30(6-23-10)15-12(33)11(32)9(5-31)35-15/h1-4,6,9,11-12,15,31-33H,5H2,(H4,22,24,25,26,27,28,34)/t9-,11-,12-,15?/m1/s1. The van der Waals surface area contributed by atoms with Crippen molar-refractivity contribution in [2.24, 2.45) is 10.3 Å². The van der Waals surface area contributed by atoms with Crippen LogP contribution in [0, 0.1) is 0 Å². The Morgan fingerprint density at radius 1 is 1.26 bits per heavy atom. The largest absolute Gasteiger partial charge is 0.416 e. The third-order valence-electron chi connectivity index (χ3n) is 4.97. The van der Waals surface area contributed by atoms with Crippen LogP contribution in [0.25, 0.3) is 11.2 Å². The Morgan fingerprint density at radius 3 is 2.71 bits per heavy atom. The van der Waals surface area contributed by atoms with E-state index in [1.54, 1.807) is 0 Å². The number of nitrogens with one attached hydrogen (secondary N) is 2. The summed E-state index contributed by atoms with van der Waals surface area (Å²) in [5.74, 6) is -0.453. The fourth-order valence-electron chi connectivity index (χ4n) is 3.31. The second kappa shape index (κ2) is 9.37. The first kappa shape index (κ1) is 24.2. The van der Waals surface area contributed by atoms with Crippen molar-refractivity contribution in [3.63, 3.8) is 0 Å². The number of urea groups is 1. The molecule has 7 N–H and O–H groups in total. The summed E-state index contributed by atoms with van der Waals surface area (Å²) in [6.45, 7) is -0.536. The number of hydrogen-bond donors (Lipinski definition) is 6. The van der Waals surface area contributed by atoms with E-state index in [9.17, 15) is 33.3 Å². The van der Waals surface area contributed by atoms with Crippen LogP contribution in [0.15, 0.2) is 40.9 Å². The summed E-state index contributed by atoms with van der Waals surface area (Å²) in [5.41, 5.74) is 6.91. The molecule has 186 valence electrons. The number of aliphatic hydroxyl groups excluding tert-OH is 3. The molecule has 2 aromatic heterocycles. The molecule has 4 atom stereocenters. The normalized spacial score (nSPS) is 22.7. The van der Waals surface area contributed by atoms with Gasteiger partial charge in [0.25, 0.3) is 5.95 Å². The molecule has 1 unspecified atom stereocenters. The minimum atomic E-state index is -4.58. The van der Waals surface area contributed by atoms with Gasteiger partial charge in [0.2, 0.25) is 0 Å². The van der Waals surface area contributed by atoms with Crippen molar-refractivity contribution in [2.75, 3.05) is 17.7 Å². The van der Waals surface area contributed by atoms with E-state index in [-0.39, 0.29) is 28.6 Å². The third kappa shape index (κ3) is 4.97. The van der Waals surface area contributed by atoms with Crippen molar-refractivity contribution in [1.82, 2.24) is 24.9 Å². The number of carbonyl (C=O) groups excluding carboxylic acids is 1. The zero-order chi connectivity index (χ0) is 25.3. The number of rotatable bonds is 5. The Morgan fingerprint density at radius 2 is 2.03 bits per heavy atom. The molecule has 1 aliphatic rings. The van der Waals surface area contributed by atoms with Gasteiger partial charge in [0.1, 0.15) is 23.8 Å². The molecule has 14 nitrogen and oxygen atoms in total. The smallest absolute Gasteiger partial charge is 0.394 e. The second-order valence-electron chi connectivity index (χ2n) is 7.31. The van der Waals surface area contributed by atoms with Crippen LogP contribution in [-0.4, -0.2) is 65.8 Å². The number of hydrogen-bond acceptors (Lipinski definition) is 11. The summed E-state index contributed by atoms with van der Waals surface area (Å²) in [7, 11) is 0. The van der Waals surface area contributed by atoms with E-state index in [1.807, 2.05) is 5.43 Å². The van der Waals surface area contributed by atoms with Crippen LogP contribution < -0.4 is 16.5 Å². The minimum absolute atomic E-state index is 0.0507. The van der Waals surface area contributed by atoms with Crippen LogP contribution in [0.1, 0.15) is 11.8 Å². The Hall–Kier alpha value is -3.93. The van der Waals surface area contributed by atoms with E-state index >= 15 is 0 Å². The van der Waals surface area contributed by atoms with E-state index in [2.05, 4.69) is 30.6 Å². The lowest BCUT2D eigenvalue weighted by molar-refractivity contribution is -0.137. The maximum Gasteiger partial charge on any atom is 0.416 e. The Labute approximate surface area is 193 Å². The van der Waals surface area contributed by atoms with Gasteiger partial charge in [-0.25, -0.2) is 15.2 Å². The molecule has 3 aromatic rings. The average Bonchev–Trinajstić information content (AvgIpc) is 3.34. The first-order valence-corrected chi connectivity index (χ1v) is 9.86. The highest BCUT2D eigenvalue weighted by Crippen LogP contribution is 2.33. The van der Waals surface area contributed by atoms with Gasteiger partial charge in [-0.15, -0.1) is 0 Å². The molecular weight excluding hydrogens is 479 g/mol. The maximum absolute atomic E-state index is 12.8. The topological polar surface area (TPSA) is 205 Å². The number of alkyl halides is 3. The van der Waals surface area contributed by atoms with Crippen molar-refractivity contribution >= 4 is 34.6 Å². The number of fused-ring (bicyclic) bond motifs is 1. The summed E-state index contributed by atoms with van der Waals surface area (Å²) in [6.07, 6.45) is -8.30. The lowest BCUT2D eigenvalue weighted by Crippen LogP contribution is -2.33. The van der Waals surface area contributed by atoms with Crippen LogP contribution in [0.5, 0.6) is 0 Å². The van der Waals surface area contributed by atoms with Crippen molar-refractivity contribution in [1.29, 1.82) is 0 Å². The van der Waals surface area contributed by atoms with Crippen LogP contribution in [0.3, 0.4) is 0 Å². The highest BCUT2D eigenvalue weighted by atomic mass is 19.4. The van der Waals surface area contributed by atoms with Crippen molar-refractivity contribution in [2.45, 2.75) is 30.7 Å². The molecule has 1 aromatic carbocycles. The third-order valence-corrected chi connectivity index (χ3v) is 4.97. The number of halogens is 3. The molecule has 1 aliphatic heterocycles. The summed E-state index contributed by atoms with van der Waals surface area (Å²) in [6, 6.07) is 2.99. The number of aromatic nitrogens is 4. The fourth-order valence-corrected chi connectivity index (χ4v) is 3.31. The SMILES string of the molecule is Nc1nc(N=NNC(=O)Nc2cccc(C(F)(F)F)c2)nc2c1ncn2C1O[C@H](CO)[C@@H](O)[C@H]1O. The zero-order valence-electron chi connectivity index (χ0n) is 17.5. The molecule has 1 fully saturated rings. The first-order valence-electron chi connectivity index (χ1n) is 9.86. The van der Waals surface area contributed by atoms with Gasteiger partial charge >= 0.3 is 12.2 Å². The zero-order valence-corrected chi connectivity index (χ0v) is 17.5. The van der Waals surface area contributed by atoms with Crippen LogP contribution in [0.2, 0.25) is 0 Å². The summed E-state index contributed by atoms with van der Waals surface area (Å²) >= 11 is 0. The van der Waals surface area contributed by atoms with Gasteiger partial charge in [-0.1, -0.05) is 16.4 Å². The van der Waals surface area contributed by atoms with Gasteiger partial charge in [-0.05, 0) is 18.2 Å². The number of carbonyl (C=O) groups is 1. The van der Waals surface area contributed by atoms with Crippen molar-refractivity contribution < 1.29 is 38.0 Å².